The van der Waals surface area contributed by atoms with Crippen LogP contribution < -0.4 is 15.2 Å². The molecule has 0 saturated carbocycles. The van der Waals surface area contributed by atoms with Crippen LogP contribution in [0, 0.1) is 13.8 Å². The van der Waals surface area contributed by atoms with Crippen LogP contribution in [0.4, 0.5) is 0 Å². The van der Waals surface area contributed by atoms with Crippen molar-refractivity contribution in [3.05, 3.63) is 47.0 Å². The summed E-state index contributed by atoms with van der Waals surface area (Å²) >= 11 is 0. The fourth-order valence-corrected chi connectivity index (χ4v) is 2.99. The Balaban J connectivity index is 2.12. The van der Waals surface area contributed by atoms with Gasteiger partial charge >= 0.3 is 0 Å². The molecule has 110 valence electrons. The number of ether oxygens (including phenoxy) is 2. The van der Waals surface area contributed by atoms with E-state index in [1.807, 2.05) is 6.07 Å². The van der Waals surface area contributed by atoms with Gasteiger partial charge in [-0.2, -0.15) is 0 Å². The maximum absolute atomic E-state index is 6.05. The molecule has 0 bridgehead atoms. The number of methoxy groups -OCH3 is 1. The first-order valence-corrected chi connectivity index (χ1v) is 7.27. The Bertz CT molecular complexity index is 679. The minimum Gasteiger partial charge on any atom is -0.497 e. The van der Waals surface area contributed by atoms with Crippen molar-refractivity contribution in [2.24, 2.45) is 5.73 Å². The SMILES string of the molecule is COc1ccc(-c2cc(C)cc3c2OC(CN)C3)c(C)c1. The van der Waals surface area contributed by atoms with Crippen LogP contribution in [0.2, 0.25) is 0 Å². The molecule has 3 heteroatoms. The second-order valence-electron chi connectivity index (χ2n) is 5.66. The highest BCUT2D eigenvalue weighted by Crippen LogP contribution is 2.41. The van der Waals surface area contributed by atoms with E-state index in [1.54, 1.807) is 7.11 Å². The molecule has 0 amide bonds. The standard InChI is InChI=1S/C18H21NO2/c1-11-6-13-9-15(10-19)21-18(13)17(7-11)16-5-4-14(20-3)8-12(16)2/h4-8,15H,9-10,19H2,1-3H3. The molecule has 3 nitrogen and oxygen atoms in total. The summed E-state index contributed by atoms with van der Waals surface area (Å²) in [7, 11) is 1.69. The van der Waals surface area contributed by atoms with Gasteiger partial charge in [0.1, 0.15) is 17.6 Å². The third-order valence-corrected chi connectivity index (χ3v) is 4.03. The summed E-state index contributed by atoms with van der Waals surface area (Å²) in [5, 5.41) is 0. The Hall–Kier alpha value is -2.00. The second kappa shape index (κ2) is 5.41. The van der Waals surface area contributed by atoms with Crippen LogP contribution in [0.5, 0.6) is 11.5 Å². The highest BCUT2D eigenvalue weighted by Gasteiger charge is 2.25. The minimum atomic E-state index is 0.0964. The number of hydrogen-bond donors (Lipinski definition) is 1. The lowest BCUT2D eigenvalue weighted by molar-refractivity contribution is 0.242. The number of rotatable bonds is 3. The fraction of sp³-hybridized carbons (Fsp3) is 0.333. The quantitative estimate of drug-likeness (QED) is 0.940. The van der Waals surface area contributed by atoms with Crippen molar-refractivity contribution in [3.63, 3.8) is 0 Å². The van der Waals surface area contributed by atoms with Gasteiger partial charge in [0.2, 0.25) is 0 Å². The van der Waals surface area contributed by atoms with Crippen molar-refractivity contribution in [3.8, 4) is 22.6 Å². The van der Waals surface area contributed by atoms with E-state index in [-0.39, 0.29) is 6.10 Å². The molecule has 0 aromatic heterocycles. The normalized spacial score (nSPS) is 16.5. The summed E-state index contributed by atoms with van der Waals surface area (Å²) < 4.78 is 11.3. The molecule has 3 rings (SSSR count). The number of aryl methyl sites for hydroxylation is 2. The fourth-order valence-electron chi connectivity index (χ4n) is 2.99. The highest BCUT2D eigenvalue weighted by molar-refractivity contribution is 5.77. The zero-order valence-electron chi connectivity index (χ0n) is 12.8. The van der Waals surface area contributed by atoms with Crippen molar-refractivity contribution < 1.29 is 9.47 Å². The van der Waals surface area contributed by atoms with Crippen molar-refractivity contribution >= 4 is 0 Å². The summed E-state index contributed by atoms with van der Waals surface area (Å²) in [4.78, 5) is 0. The van der Waals surface area contributed by atoms with Gasteiger partial charge < -0.3 is 15.2 Å². The molecule has 0 saturated heterocycles. The Labute approximate surface area is 125 Å². The molecule has 21 heavy (non-hydrogen) atoms. The summed E-state index contributed by atoms with van der Waals surface area (Å²) in [5.74, 6) is 1.87. The minimum absolute atomic E-state index is 0.0964. The van der Waals surface area contributed by atoms with Crippen LogP contribution in [0.1, 0.15) is 16.7 Å². The Morgan fingerprint density at radius 1 is 1.19 bits per heavy atom. The molecule has 1 aliphatic rings. The lowest BCUT2D eigenvalue weighted by atomic mass is 9.95. The molecule has 1 atom stereocenters. The Morgan fingerprint density at radius 3 is 2.67 bits per heavy atom. The van der Waals surface area contributed by atoms with Gasteiger partial charge in [0.05, 0.1) is 7.11 Å². The molecule has 2 N–H and O–H groups in total. The summed E-state index contributed by atoms with van der Waals surface area (Å²) in [5.41, 5.74) is 11.8. The first-order chi connectivity index (χ1) is 10.1. The lowest BCUT2D eigenvalue weighted by Crippen LogP contribution is -2.24. The molecule has 1 unspecified atom stereocenters. The molecule has 0 spiro atoms. The zero-order chi connectivity index (χ0) is 15.0. The molecule has 0 aliphatic carbocycles. The van der Waals surface area contributed by atoms with E-state index < -0.39 is 0 Å². The summed E-state index contributed by atoms with van der Waals surface area (Å²) in [6, 6.07) is 10.5. The molecular formula is C18H21NO2. The maximum atomic E-state index is 6.05. The van der Waals surface area contributed by atoms with Crippen LogP contribution >= 0.6 is 0 Å². The van der Waals surface area contributed by atoms with Crippen molar-refractivity contribution in [1.82, 2.24) is 0 Å². The first kappa shape index (κ1) is 14.0. The van der Waals surface area contributed by atoms with Gasteiger partial charge in [0, 0.05) is 18.5 Å². The molecule has 1 heterocycles. The van der Waals surface area contributed by atoms with E-state index in [0.717, 1.165) is 23.5 Å². The summed E-state index contributed by atoms with van der Waals surface area (Å²) in [6.45, 7) is 4.77. The number of fused-ring (bicyclic) bond motifs is 1. The van der Waals surface area contributed by atoms with Gasteiger partial charge in [0.15, 0.2) is 0 Å². The van der Waals surface area contributed by atoms with Crippen LogP contribution in [0.25, 0.3) is 11.1 Å². The van der Waals surface area contributed by atoms with Crippen molar-refractivity contribution in [2.75, 3.05) is 13.7 Å². The second-order valence-corrected chi connectivity index (χ2v) is 5.66. The van der Waals surface area contributed by atoms with E-state index in [2.05, 4.69) is 38.1 Å². The predicted molar refractivity (Wildman–Crippen MR) is 85.1 cm³/mol. The zero-order valence-corrected chi connectivity index (χ0v) is 12.8. The first-order valence-electron chi connectivity index (χ1n) is 7.27. The average Bonchev–Trinajstić information content (AvgIpc) is 2.89. The molecule has 2 aromatic rings. The van der Waals surface area contributed by atoms with Gasteiger partial charge in [-0.15, -0.1) is 0 Å². The van der Waals surface area contributed by atoms with Gasteiger partial charge in [0.25, 0.3) is 0 Å². The van der Waals surface area contributed by atoms with E-state index >= 15 is 0 Å². The van der Waals surface area contributed by atoms with Crippen molar-refractivity contribution in [1.29, 1.82) is 0 Å². The van der Waals surface area contributed by atoms with Gasteiger partial charge in [-0.25, -0.2) is 0 Å². The van der Waals surface area contributed by atoms with E-state index in [4.69, 9.17) is 15.2 Å². The highest BCUT2D eigenvalue weighted by atomic mass is 16.5. The number of hydrogen-bond acceptors (Lipinski definition) is 3. The van der Waals surface area contributed by atoms with E-state index in [9.17, 15) is 0 Å². The lowest BCUT2D eigenvalue weighted by Gasteiger charge is -2.14. The van der Waals surface area contributed by atoms with Gasteiger partial charge in [-0.05, 0) is 54.3 Å². The Kier molecular flexibility index (Phi) is 3.60. The molecule has 0 fully saturated rings. The molecule has 1 aliphatic heterocycles. The third-order valence-electron chi connectivity index (χ3n) is 4.03. The number of nitrogens with two attached hydrogens (primary N) is 1. The summed E-state index contributed by atoms with van der Waals surface area (Å²) in [6.07, 6.45) is 0.995. The smallest absolute Gasteiger partial charge is 0.130 e. The van der Waals surface area contributed by atoms with Crippen molar-refractivity contribution in [2.45, 2.75) is 26.4 Å². The van der Waals surface area contributed by atoms with Gasteiger partial charge in [-0.3, -0.25) is 0 Å². The monoisotopic (exact) mass is 283 g/mol. The third kappa shape index (κ3) is 2.49. The maximum Gasteiger partial charge on any atom is 0.130 e. The molecule has 0 radical (unpaired) electrons. The van der Waals surface area contributed by atoms with Crippen LogP contribution in [0.3, 0.4) is 0 Å². The number of benzene rings is 2. The predicted octanol–water partition coefficient (Wildman–Crippen LogP) is 3.24. The molecule has 2 aromatic carbocycles. The van der Waals surface area contributed by atoms with Gasteiger partial charge in [-0.1, -0.05) is 12.1 Å². The largest absolute Gasteiger partial charge is 0.497 e. The van der Waals surface area contributed by atoms with E-state index in [1.165, 1.54) is 22.3 Å². The van der Waals surface area contributed by atoms with Crippen LogP contribution in [-0.2, 0) is 6.42 Å². The Morgan fingerprint density at radius 2 is 2.00 bits per heavy atom. The van der Waals surface area contributed by atoms with Crippen LogP contribution in [0.15, 0.2) is 30.3 Å². The average molecular weight is 283 g/mol. The van der Waals surface area contributed by atoms with E-state index in [0.29, 0.717) is 6.54 Å². The molecular weight excluding hydrogens is 262 g/mol. The topological polar surface area (TPSA) is 44.5 Å². The van der Waals surface area contributed by atoms with Crippen LogP contribution in [-0.4, -0.2) is 19.8 Å².